The van der Waals surface area contributed by atoms with Crippen LogP contribution < -0.4 is 5.32 Å². The molecule has 2 aromatic carbocycles. The van der Waals surface area contributed by atoms with Crippen molar-refractivity contribution in [3.8, 4) is 11.1 Å². The van der Waals surface area contributed by atoms with Crippen LogP contribution in [0.5, 0.6) is 0 Å². The van der Waals surface area contributed by atoms with E-state index in [1.807, 2.05) is 42.5 Å². The molecule has 1 N–H and O–H groups in total. The summed E-state index contributed by atoms with van der Waals surface area (Å²) >= 11 is 3.56. The second-order valence-electron chi connectivity index (χ2n) is 5.52. The molecule has 3 rings (SSSR count). The standard InChI is InChI=1S/C18H18BrNO/c19-17-11-4-3-10-16(17)13-6-5-7-14(12-13)18(21)20-15-8-1-2-9-15/h3-7,10-12,15H,1-2,8-9H2,(H,20,21). The molecule has 0 aliphatic heterocycles. The van der Waals surface area contributed by atoms with Crippen LogP contribution in [0.25, 0.3) is 11.1 Å². The van der Waals surface area contributed by atoms with E-state index in [9.17, 15) is 4.79 Å². The minimum absolute atomic E-state index is 0.0378. The molecule has 1 amide bonds. The molecule has 3 heteroatoms. The Morgan fingerprint density at radius 2 is 1.81 bits per heavy atom. The van der Waals surface area contributed by atoms with Gasteiger partial charge in [-0.25, -0.2) is 0 Å². The van der Waals surface area contributed by atoms with Crippen molar-refractivity contribution in [3.05, 3.63) is 58.6 Å². The molecule has 2 nitrogen and oxygen atoms in total. The summed E-state index contributed by atoms with van der Waals surface area (Å²) in [5.74, 6) is 0.0378. The summed E-state index contributed by atoms with van der Waals surface area (Å²) in [5, 5.41) is 3.14. The zero-order valence-electron chi connectivity index (χ0n) is 11.8. The van der Waals surface area contributed by atoms with Crippen molar-refractivity contribution < 1.29 is 4.79 Å². The number of halogens is 1. The molecule has 0 saturated heterocycles. The van der Waals surface area contributed by atoms with Gasteiger partial charge in [-0.2, -0.15) is 0 Å². The van der Waals surface area contributed by atoms with E-state index in [1.54, 1.807) is 0 Å². The molecule has 1 aliphatic rings. The Hall–Kier alpha value is -1.61. The predicted octanol–water partition coefficient (Wildman–Crippen LogP) is 4.79. The van der Waals surface area contributed by atoms with Gasteiger partial charge in [-0.05, 0) is 42.2 Å². The smallest absolute Gasteiger partial charge is 0.251 e. The van der Waals surface area contributed by atoms with Crippen LogP contribution in [0.4, 0.5) is 0 Å². The maximum absolute atomic E-state index is 12.3. The second kappa shape index (κ2) is 6.44. The van der Waals surface area contributed by atoms with Gasteiger partial charge in [0.2, 0.25) is 0 Å². The maximum Gasteiger partial charge on any atom is 0.251 e. The molecule has 0 atom stereocenters. The van der Waals surface area contributed by atoms with Gasteiger partial charge < -0.3 is 5.32 Å². The monoisotopic (exact) mass is 343 g/mol. The number of nitrogens with one attached hydrogen (secondary N) is 1. The van der Waals surface area contributed by atoms with Crippen molar-refractivity contribution in [2.24, 2.45) is 0 Å². The Kier molecular flexibility index (Phi) is 4.39. The third-order valence-corrected chi connectivity index (χ3v) is 4.69. The molecule has 0 heterocycles. The Morgan fingerprint density at radius 3 is 2.57 bits per heavy atom. The van der Waals surface area contributed by atoms with Gasteiger partial charge in [-0.15, -0.1) is 0 Å². The number of carbonyl (C=O) groups excluding carboxylic acids is 1. The van der Waals surface area contributed by atoms with Crippen LogP contribution in [0.3, 0.4) is 0 Å². The number of rotatable bonds is 3. The summed E-state index contributed by atoms with van der Waals surface area (Å²) in [6, 6.07) is 16.2. The van der Waals surface area contributed by atoms with Crippen molar-refractivity contribution in [1.29, 1.82) is 0 Å². The van der Waals surface area contributed by atoms with E-state index in [4.69, 9.17) is 0 Å². The van der Waals surface area contributed by atoms with Crippen molar-refractivity contribution in [1.82, 2.24) is 5.32 Å². The van der Waals surface area contributed by atoms with Crippen molar-refractivity contribution in [2.75, 3.05) is 0 Å². The summed E-state index contributed by atoms with van der Waals surface area (Å²) < 4.78 is 1.04. The highest BCUT2D eigenvalue weighted by Crippen LogP contribution is 2.28. The van der Waals surface area contributed by atoms with Crippen LogP contribution in [0.2, 0.25) is 0 Å². The van der Waals surface area contributed by atoms with E-state index in [2.05, 4.69) is 27.3 Å². The number of hydrogen-bond acceptors (Lipinski definition) is 1. The Bertz CT molecular complexity index is 647. The van der Waals surface area contributed by atoms with Gasteiger partial charge in [-0.1, -0.05) is 59.1 Å². The van der Waals surface area contributed by atoms with Crippen LogP contribution >= 0.6 is 15.9 Å². The molecule has 1 aliphatic carbocycles. The highest BCUT2D eigenvalue weighted by Gasteiger charge is 2.18. The number of amides is 1. The fourth-order valence-corrected chi connectivity index (χ4v) is 3.38. The average molecular weight is 344 g/mol. The maximum atomic E-state index is 12.3. The largest absolute Gasteiger partial charge is 0.349 e. The van der Waals surface area contributed by atoms with Crippen molar-refractivity contribution in [2.45, 2.75) is 31.7 Å². The first-order valence-corrected chi connectivity index (χ1v) is 8.19. The number of benzene rings is 2. The SMILES string of the molecule is O=C(NC1CCCC1)c1cccc(-c2ccccc2Br)c1. The molecule has 108 valence electrons. The molecule has 1 saturated carbocycles. The van der Waals surface area contributed by atoms with Gasteiger partial charge in [0.25, 0.3) is 5.91 Å². The number of carbonyl (C=O) groups is 1. The van der Waals surface area contributed by atoms with Gasteiger partial charge in [0.05, 0.1) is 0 Å². The average Bonchev–Trinajstić information content (AvgIpc) is 3.01. The molecule has 0 unspecified atom stereocenters. The van der Waals surface area contributed by atoms with Crippen LogP contribution in [0.1, 0.15) is 36.0 Å². The van der Waals surface area contributed by atoms with Crippen LogP contribution in [-0.4, -0.2) is 11.9 Å². The van der Waals surface area contributed by atoms with E-state index in [0.717, 1.165) is 34.0 Å². The molecule has 1 fully saturated rings. The molecule has 2 aromatic rings. The summed E-state index contributed by atoms with van der Waals surface area (Å²) in [6.07, 6.45) is 4.66. The van der Waals surface area contributed by atoms with Crippen molar-refractivity contribution in [3.63, 3.8) is 0 Å². The van der Waals surface area contributed by atoms with E-state index >= 15 is 0 Å². The first kappa shape index (κ1) is 14.3. The topological polar surface area (TPSA) is 29.1 Å². The highest BCUT2D eigenvalue weighted by atomic mass is 79.9. The summed E-state index contributed by atoms with van der Waals surface area (Å²) in [6.45, 7) is 0. The van der Waals surface area contributed by atoms with Gasteiger partial charge in [0, 0.05) is 16.1 Å². The Balaban J connectivity index is 1.83. The summed E-state index contributed by atoms with van der Waals surface area (Å²) in [4.78, 5) is 12.3. The molecule has 21 heavy (non-hydrogen) atoms. The van der Waals surface area contributed by atoms with E-state index in [-0.39, 0.29) is 5.91 Å². The normalized spacial score (nSPS) is 15.1. The van der Waals surface area contributed by atoms with Crippen LogP contribution in [0.15, 0.2) is 53.0 Å². The molecule has 0 bridgehead atoms. The fourth-order valence-electron chi connectivity index (χ4n) is 2.86. The fraction of sp³-hybridized carbons (Fsp3) is 0.278. The van der Waals surface area contributed by atoms with Gasteiger partial charge in [0.15, 0.2) is 0 Å². The zero-order valence-corrected chi connectivity index (χ0v) is 13.4. The molecule has 0 spiro atoms. The Morgan fingerprint density at radius 1 is 1.05 bits per heavy atom. The third kappa shape index (κ3) is 3.35. The molecular formula is C18H18BrNO. The van der Waals surface area contributed by atoms with Gasteiger partial charge in [0.1, 0.15) is 0 Å². The zero-order chi connectivity index (χ0) is 14.7. The molecular weight excluding hydrogens is 326 g/mol. The first-order valence-electron chi connectivity index (χ1n) is 7.40. The van der Waals surface area contributed by atoms with Crippen LogP contribution in [-0.2, 0) is 0 Å². The minimum atomic E-state index is 0.0378. The lowest BCUT2D eigenvalue weighted by Gasteiger charge is -2.13. The quantitative estimate of drug-likeness (QED) is 0.852. The Labute approximate surface area is 133 Å². The predicted molar refractivity (Wildman–Crippen MR) is 89.3 cm³/mol. The van der Waals surface area contributed by atoms with Gasteiger partial charge >= 0.3 is 0 Å². The lowest BCUT2D eigenvalue weighted by atomic mass is 10.0. The van der Waals surface area contributed by atoms with Crippen LogP contribution in [0, 0.1) is 0 Å². The first-order chi connectivity index (χ1) is 10.2. The van der Waals surface area contributed by atoms with E-state index in [1.165, 1.54) is 12.8 Å². The third-order valence-electron chi connectivity index (χ3n) is 4.00. The molecule has 0 radical (unpaired) electrons. The van der Waals surface area contributed by atoms with E-state index in [0.29, 0.717) is 6.04 Å². The lowest BCUT2D eigenvalue weighted by molar-refractivity contribution is 0.0938. The van der Waals surface area contributed by atoms with E-state index < -0.39 is 0 Å². The van der Waals surface area contributed by atoms with Crippen molar-refractivity contribution >= 4 is 21.8 Å². The summed E-state index contributed by atoms with van der Waals surface area (Å²) in [7, 11) is 0. The van der Waals surface area contributed by atoms with Gasteiger partial charge in [-0.3, -0.25) is 4.79 Å². The number of hydrogen-bond donors (Lipinski definition) is 1. The highest BCUT2D eigenvalue weighted by molar-refractivity contribution is 9.10. The molecule has 0 aromatic heterocycles. The summed E-state index contributed by atoms with van der Waals surface area (Å²) in [5.41, 5.74) is 2.89. The minimum Gasteiger partial charge on any atom is -0.349 e. The lowest BCUT2D eigenvalue weighted by Crippen LogP contribution is -2.32. The second-order valence-corrected chi connectivity index (χ2v) is 6.37.